The molecule has 1 unspecified atom stereocenters. The molecule has 1 atom stereocenters. The number of carbonyl (C=O) groups is 2. The van der Waals surface area contributed by atoms with Gasteiger partial charge in [-0.15, -0.1) is 17.9 Å². The number of fused-ring (bicyclic) bond motifs is 2. The number of hydrogen-bond acceptors (Lipinski definition) is 7. The number of allylic oxidation sites excluding steroid dienone is 1. The van der Waals surface area contributed by atoms with Gasteiger partial charge in [0.2, 0.25) is 0 Å². The molecule has 1 aromatic carbocycles. The van der Waals surface area contributed by atoms with Crippen molar-refractivity contribution in [1.29, 1.82) is 0 Å². The number of Topliss-reactive ketones (excluding diaryl/α,β-unsaturated/α-hetero) is 1. The third-order valence-corrected chi connectivity index (χ3v) is 6.31. The lowest BCUT2D eigenvalue weighted by Crippen LogP contribution is -2.26. The maximum Gasteiger partial charge on any atom is 0.263 e. The third kappa shape index (κ3) is 3.70. The molecule has 7 nitrogen and oxygen atoms in total. The number of amides is 1. The van der Waals surface area contributed by atoms with E-state index in [9.17, 15) is 14.4 Å². The van der Waals surface area contributed by atoms with Crippen molar-refractivity contribution in [1.82, 2.24) is 9.55 Å². The first-order valence-corrected chi connectivity index (χ1v) is 10.6. The first-order valence-electron chi connectivity index (χ1n) is 8.84. The smallest absolute Gasteiger partial charge is 0.263 e. The highest BCUT2D eigenvalue weighted by Gasteiger charge is 2.23. The van der Waals surface area contributed by atoms with Crippen LogP contribution in [0.4, 0.5) is 5.69 Å². The summed E-state index contributed by atoms with van der Waals surface area (Å²) in [6.07, 6.45) is 1.63. The van der Waals surface area contributed by atoms with Gasteiger partial charge in [0, 0.05) is 12.1 Å². The van der Waals surface area contributed by atoms with Crippen LogP contribution < -0.4 is 15.6 Å². The van der Waals surface area contributed by atoms with E-state index in [2.05, 4.69) is 16.9 Å². The number of ketones is 1. The number of nitrogens with zero attached hydrogens (tertiary/aromatic N) is 2. The van der Waals surface area contributed by atoms with E-state index in [4.69, 9.17) is 4.74 Å². The van der Waals surface area contributed by atoms with Crippen LogP contribution in [0.15, 0.2) is 52.3 Å². The standard InChI is InChI=1S/C20H17N3O4S2/c1-3-7-23-19(26)13-6-8-28-18(13)22-20(23)29-11(2)17(25)12-4-5-15-14(9-12)21-16(24)10-27-15/h3-6,8-9,11H,1,7,10H2,2H3,(H,21,24). The minimum Gasteiger partial charge on any atom is -0.482 e. The number of anilines is 1. The van der Waals surface area contributed by atoms with E-state index >= 15 is 0 Å². The average molecular weight is 428 g/mol. The molecule has 0 aliphatic carbocycles. The van der Waals surface area contributed by atoms with E-state index in [1.54, 1.807) is 37.3 Å². The van der Waals surface area contributed by atoms with Crippen molar-refractivity contribution >= 4 is 50.7 Å². The maximum absolute atomic E-state index is 13.0. The summed E-state index contributed by atoms with van der Waals surface area (Å²) >= 11 is 2.61. The van der Waals surface area contributed by atoms with Crippen LogP contribution in [0, 0.1) is 0 Å². The highest BCUT2D eigenvalue weighted by Crippen LogP contribution is 2.31. The molecule has 0 saturated carbocycles. The highest BCUT2D eigenvalue weighted by molar-refractivity contribution is 8.00. The van der Waals surface area contributed by atoms with Crippen LogP contribution in [0.3, 0.4) is 0 Å². The SMILES string of the molecule is C=CCn1c(SC(C)C(=O)c2ccc3c(c2)NC(=O)CO3)nc2sccc2c1=O. The number of ether oxygens (including phenoxy) is 1. The summed E-state index contributed by atoms with van der Waals surface area (Å²) < 4.78 is 6.86. The van der Waals surface area contributed by atoms with Gasteiger partial charge in [0.15, 0.2) is 17.5 Å². The largest absolute Gasteiger partial charge is 0.482 e. The molecular weight excluding hydrogens is 410 g/mol. The first kappa shape index (κ1) is 19.4. The predicted octanol–water partition coefficient (Wildman–Crippen LogP) is 3.34. The number of benzene rings is 1. The first-order chi connectivity index (χ1) is 14.0. The lowest BCUT2D eigenvalue weighted by atomic mass is 10.1. The lowest BCUT2D eigenvalue weighted by molar-refractivity contribution is -0.118. The van der Waals surface area contributed by atoms with Crippen LogP contribution >= 0.6 is 23.1 Å². The van der Waals surface area contributed by atoms with E-state index in [0.717, 1.165) is 0 Å². The monoisotopic (exact) mass is 427 g/mol. The fraction of sp³-hybridized carbons (Fsp3) is 0.200. The van der Waals surface area contributed by atoms with E-state index in [1.165, 1.54) is 27.7 Å². The molecule has 0 fully saturated rings. The fourth-order valence-electron chi connectivity index (χ4n) is 2.99. The molecule has 1 N–H and O–H groups in total. The Balaban J connectivity index is 1.63. The molecule has 2 aromatic heterocycles. The topological polar surface area (TPSA) is 90.3 Å². The molecule has 4 rings (SSSR count). The van der Waals surface area contributed by atoms with E-state index < -0.39 is 5.25 Å². The van der Waals surface area contributed by atoms with Crippen molar-refractivity contribution in [2.24, 2.45) is 0 Å². The Hall–Kier alpha value is -2.91. The van der Waals surface area contributed by atoms with Gasteiger partial charge >= 0.3 is 0 Å². The molecule has 3 aromatic rings. The van der Waals surface area contributed by atoms with Crippen molar-refractivity contribution in [3.63, 3.8) is 0 Å². The molecule has 0 spiro atoms. The summed E-state index contributed by atoms with van der Waals surface area (Å²) in [6.45, 7) is 5.75. The second-order valence-corrected chi connectivity index (χ2v) is 8.61. The summed E-state index contributed by atoms with van der Waals surface area (Å²) in [5, 5.41) is 5.07. The van der Waals surface area contributed by atoms with Gasteiger partial charge in [-0.3, -0.25) is 19.0 Å². The normalized spacial score (nSPS) is 14.0. The summed E-state index contributed by atoms with van der Waals surface area (Å²) in [7, 11) is 0. The number of rotatable bonds is 6. The number of aromatic nitrogens is 2. The number of nitrogens with one attached hydrogen (secondary N) is 1. The van der Waals surface area contributed by atoms with Crippen LogP contribution in [-0.2, 0) is 11.3 Å². The average Bonchev–Trinajstić information content (AvgIpc) is 3.18. The van der Waals surface area contributed by atoms with Gasteiger partial charge in [0.1, 0.15) is 10.6 Å². The van der Waals surface area contributed by atoms with E-state index in [1.807, 2.05) is 5.38 Å². The molecule has 0 bridgehead atoms. The second kappa shape index (κ2) is 7.84. The van der Waals surface area contributed by atoms with Crippen LogP contribution in [0.5, 0.6) is 5.75 Å². The van der Waals surface area contributed by atoms with Gasteiger partial charge in [-0.25, -0.2) is 4.98 Å². The van der Waals surface area contributed by atoms with Crippen molar-refractivity contribution in [2.45, 2.75) is 23.9 Å². The molecule has 1 aliphatic heterocycles. The summed E-state index contributed by atoms with van der Waals surface area (Å²) in [4.78, 5) is 42.5. The van der Waals surface area contributed by atoms with E-state index in [-0.39, 0.29) is 23.9 Å². The molecule has 148 valence electrons. The predicted molar refractivity (Wildman–Crippen MR) is 114 cm³/mol. The Morgan fingerprint density at radius 1 is 1.45 bits per heavy atom. The molecule has 1 aliphatic rings. The molecule has 9 heteroatoms. The maximum atomic E-state index is 13.0. The highest BCUT2D eigenvalue weighted by atomic mass is 32.2. The number of thioether (sulfide) groups is 1. The van der Waals surface area contributed by atoms with Gasteiger partial charge in [-0.1, -0.05) is 17.8 Å². The molecule has 3 heterocycles. The van der Waals surface area contributed by atoms with Crippen molar-refractivity contribution in [2.75, 3.05) is 11.9 Å². The van der Waals surface area contributed by atoms with Crippen LogP contribution in [0.1, 0.15) is 17.3 Å². The Kier molecular flexibility index (Phi) is 5.25. The van der Waals surface area contributed by atoms with Gasteiger partial charge in [0.05, 0.1) is 16.3 Å². The Morgan fingerprint density at radius 2 is 2.28 bits per heavy atom. The van der Waals surface area contributed by atoms with Gasteiger partial charge in [0.25, 0.3) is 11.5 Å². The minimum atomic E-state index is -0.492. The van der Waals surface area contributed by atoms with Gasteiger partial charge < -0.3 is 10.1 Å². The molecular formula is C20H17N3O4S2. The van der Waals surface area contributed by atoms with Crippen molar-refractivity contribution < 1.29 is 14.3 Å². The Labute approximate surface area is 174 Å². The van der Waals surface area contributed by atoms with Gasteiger partial charge in [-0.2, -0.15) is 0 Å². The minimum absolute atomic E-state index is 0.0375. The number of carbonyl (C=O) groups excluding carboxylic acids is 2. The number of thiophene rings is 1. The van der Waals surface area contributed by atoms with Gasteiger partial charge in [-0.05, 0) is 36.6 Å². The zero-order valence-electron chi connectivity index (χ0n) is 15.5. The third-order valence-electron chi connectivity index (χ3n) is 4.41. The van der Waals surface area contributed by atoms with Crippen molar-refractivity contribution in [3.8, 4) is 5.75 Å². The quantitative estimate of drug-likeness (QED) is 0.281. The zero-order chi connectivity index (χ0) is 20.5. The molecule has 0 radical (unpaired) electrons. The Morgan fingerprint density at radius 3 is 3.07 bits per heavy atom. The summed E-state index contributed by atoms with van der Waals surface area (Å²) in [6, 6.07) is 6.70. The lowest BCUT2D eigenvalue weighted by Gasteiger charge is -2.19. The second-order valence-electron chi connectivity index (χ2n) is 6.41. The van der Waals surface area contributed by atoms with Crippen LogP contribution in [0.25, 0.3) is 10.2 Å². The molecule has 0 saturated heterocycles. The van der Waals surface area contributed by atoms with Crippen LogP contribution in [-0.4, -0.2) is 33.1 Å². The van der Waals surface area contributed by atoms with Crippen LogP contribution in [0.2, 0.25) is 0 Å². The molecule has 1 amide bonds. The molecule has 29 heavy (non-hydrogen) atoms. The fourth-order valence-corrected chi connectivity index (χ4v) is 4.79. The zero-order valence-corrected chi connectivity index (χ0v) is 17.1. The van der Waals surface area contributed by atoms with E-state index in [0.29, 0.717) is 38.9 Å². The Bertz CT molecular complexity index is 1200. The van der Waals surface area contributed by atoms with Crippen molar-refractivity contribution in [3.05, 3.63) is 58.2 Å². The number of hydrogen-bond donors (Lipinski definition) is 1. The summed E-state index contributed by atoms with van der Waals surface area (Å²) in [5.41, 5.74) is 0.780. The summed E-state index contributed by atoms with van der Waals surface area (Å²) in [5.74, 6) is 0.140.